The molecule has 0 unspecified atom stereocenters. The highest BCUT2D eigenvalue weighted by Crippen LogP contribution is 2.15. The van der Waals surface area contributed by atoms with E-state index in [4.69, 9.17) is 9.15 Å². The number of halogens is 1. The number of furan rings is 1. The Morgan fingerprint density at radius 3 is 2.38 bits per heavy atom. The van der Waals surface area contributed by atoms with Gasteiger partial charge >= 0.3 is 0 Å². The second kappa shape index (κ2) is 16.7. The SMILES string of the molecule is CCCCCCCCS(=O)(=O)N(CCCN1CCOCC1)CC(=O)N(Cc1ccc(F)cc1)Cc1ccco1. The van der Waals surface area contributed by atoms with Crippen molar-refractivity contribution in [1.82, 2.24) is 14.1 Å². The highest BCUT2D eigenvalue weighted by Gasteiger charge is 2.27. The number of amides is 1. The van der Waals surface area contributed by atoms with Crippen molar-refractivity contribution in [1.29, 1.82) is 0 Å². The average molecular weight is 566 g/mol. The summed E-state index contributed by atoms with van der Waals surface area (Å²) in [5.41, 5.74) is 0.755. The Hall–Kier alpha value is -2.27. The minimum absolute atomic E-state index is 0.0418. The second-order valence-corrected chi connectivity index (χ2v) is 12.3. The zero-order valence-corrected chi connectivity index (χ0v) is 24.0. The molecule has 8 nitrogen and oxygen atoms in total. The van der Waals surface area contributed by atoms with Gasteiger partial charge in [-0.3, -0.25) is 9.69 Å². The summed E-state index contributed by atoms with van der Waals surface area (Å²) in [5.74, 6) is -0.0251. The van der Waals surface area contributed by atoms with Crippen LogP contribution < -0.4 is 0 Å². The molecule has 2 heterocycles. The maximum Gasteiger partial charge on any atom is 0.238 e. The smallest absolute Gasteiger partial charge is 0.238 e. The fraction of sp³-hybridized carbons (Fsp3) is 0.621. The van der Waals surface area contributed by atoms with Crippen molar-refractivity contribution in [2.45, 2.75) is 65.0 Å². The molecule has 1 saturated heterocycles. The lowest BCUT2D eigenvalue weighted by molar-refractivity contribution is -0.133. The molecular formula is C29H44FN3O5S. The lowest BCUT2D eigenvalue weighted by atomic mass is 10.1. The van der Waals surface area contributed by atoms with Crippen LogP contribution in [0.15, 0.2) is 47.1 Å². The van der Waals surface area contributed by atoms with Gasteiger partial charge in [-0.15, -0.1) is 0 Å². The molecule has 2 aromatic rings. The summed E-state index contributed by atoms with van der Waals surface area (Å²) in [4.78, 5) is 17.4. The number of nitrogens with zero attached hydrogens (tertiary/aromatic N) is 3. The molecule has 0 bridgehead atoms. The third-order valence-corrected chi connectivity index (χ3v) is 8.92. The molecule has 1 aromatic carbocycles. The average Bonchev–Trinajstić information content (AvgIpc) is 3.44. The molecule has 0 saturated carbocycles. The molecule has 1 aliphatic heterocycles. The van der Waals surface area contributed by atoms with E-state index in [1.807, 2.05) is 0 Å². The number of carbonyl (C=O) groups excluding carboxylic acids is 1. The molecule has 0 radical (unpaired) electrons. The van der Waals surface area contributed by atoms with Gasteiger partial charge in [0.05, 0.1) is 38.3 Å². The van der Waals surface area contributed by atoms with Crippen molar-refractivity contribution in [2.75, 3.05) is 51.7 Å². The number of rotatable bonds is 18. The van der Waals surface area contributed by atoms with Gasteiger partial charge in [-0.1, -0.05) is 51.2 Å². The summed E-state index contributed by atoms with van der Waals surface area (Å²) in [6.45, 7) is 6.41. The molecule has 1 aliphatic rings. The van der Waals surface area contributed by atoms with Crippen LogP contribution in [0.5, 0.6) is 0 Å². The van der Waals surface area contributed by atoms with Gasteiger partial charge in [-0.25, -0.2) is 12.8 Å². The minimum atomic E-state index is -3.62. The number of ether oxygens (including phenoxy) is 1. The molecule has 3 rings (SSSR count). The molecule has 0 atom stereocenters. The van der Waals surface area contributed by atoms with Gasteiger partial charge in [0.1, 0.15) is 11.6 Å². The van der Waals surface area contributed by atoms with Gasteiger partial charge < -0.3 is 14.1 Å². The van der Waals surface area contributed by atoms with E-state index in [2.05, 4.69) is 11.8 Å². The number of carbonyl (C=O) groups is 1. The third kappa shape index (κ3) is 11.4. The van der Waals surface area contributed by atoms with E-state index in [-0.39, 0.29) is 43.7 Å². The third-order valence-electron chi connectivity index (χ3n) is 7.01. The van der Waals surface area contributed by atoms with Crippen LogP contribution in [-0.4, -0.2) is 80.1 Å². The fourth-order valence-electron chi connectivity index (χ4n) is 4.69. The lowest BCUT2D eigenvalue weighted by Crippen LogP contribution is -2.44. The molecule has 10 heteroatoms. The Labute approximate surface area is 233 Å². The topological polar surface area (TPSA) is 83.3 Å². The number of benzene rings is 1. The Morgan fingerprint density at radius 2 is 1.69 bits per heavy atom. The van der Waals surface area contributed by atoms with Gasteiger partial charge in [0, 0.05) is 26.2 Å². The van der Waals surface area contributed by atoms with Gasteiger partial charge in [0.15, 0.2) is 0 Å². The van der Waals surface area contributed by atoms with Gasteiger partial charge in [-0.05, 0) is 49.2 Å². The first-order valence-electron chi connectivity index (χ1n) is 14.2. The number of sulfonamides is 1. The summed E-state index contributed by atoms with van der Waals surface area (Å²) >= 11 is 0. The van der Waals surface area contributed by atoms with E-state index in [9.17, 15) is 17.6 Å². The van der Waals surface area contributed by atoms with Crippen LogP contribution in [-0.2, 0) is 32.6 Å². The van der Waals surface area contributed by atoms with Crippen molar-refractivity contribution in [3.63, 3.8) is 0 Å². The summed E-state index contributed by atoms with van der Waals surface area (Å²) in [6.07, 6.45) is 8.07. The quantitative estimate of drug-likeness (QED) is 0.245. The van der Waals surface area contributed by atoms with E-state index >= 15 is 0 Å². The predicted molar refractivity (Wildman–Crippen MR) is 150 cm³/mol. The van der Waals surface area contributed by atoms with E-state index in [0.717, 1.165) is 57.3 Å². The molecule has 218 valence electrons. The summed E-state index contributed by atoms with van der Waals surface area (Å²) < 4.78 is 52.6. The van der Waals surface area contributed by atoms with Crippen molar-refractivity contribution in [3.05, 3.63) is 59.8 Å². The molecule has 39 heavy (non-hydrogen) atoms. The van der Waals surface area contributed by atoms with E-state index < -0.39 is 10.0 Å². The summed E-state index contributed by atoms with van der Waals surface area (Å²) in [6, 6.07) is 9.50. The summed E-state index contributed by atoms with van der Waals surface area (Å²) in [7, 11) is -3.62. The number of morpholine rings is 1. The highest BCUT2D eigenvalue weighted by molar-refractivity contribution is 7.89. The predicted octanol–water partition coefficient (Wildman–Crippen LogP) is 4.66. The van der Waals surface area contributed by atoms with Crippen molar-refractivity contribution in [2.24, 2.45) is 0 Å². The van der Waals surface area contributed by atoms with Crippen LogP contribution in [0.25, 0.3) is 0 Å². The lowest BCUT2D eigenvalue weighted by Gasteiger charge is -2.29. The normalized spacial score (nSPS) is 14.6. The molecule has 1 amide bonds. The van der Waals surface area contributed by atoms with E-state index in [0.29, 0.717) is 31.8 Å². The van der Waals surface area contributed by atoms with Crippen LogP contribution in [0.3, 0.4) is 0 Å². The number of unbranched alkanes of at least 4 members (excludes halogenated alkanes) is 5. The largest absolute Gasteiger partial charge is 0.467 e. The van der Waals surface area contributed by atoms with Gasteiger partial charge in [0.2, 0.25) is 15.9 Å². The highest BCUT2D eigenvalue weighted by atomic mass is 32.2. The molecule has 0 N–H and O–H groups in total. The number of hydrogen-bond donors (Lipinski definition) is 0. The standard InChI is InChI=1S/C29H44FN3O5S/c1-2-3-4-5-6-7-22-39(35,36)33(16-9-15-31-17-20-37-21-18-31)25-29(34)32(24-28-10-8-19-38-28)23-26-11-13-27(30)14-12-26/h8,10-14,19H,2-7,9,15-18,20-25H2,1H3. The molecule has 1 fully saturated rings. The molecule has 1 aromatic heterocycles. The Kier molecular flexibility index (Phi) is 13.4. The first-order valence-corrected chi connectivity index (χ1v) is 15.8. The Morgan fingerprint density at radius 1 is 0.974 bits per heavy atom. The van der Waals surface area contributed by atoms with E-state index in [1.54, 1.807) is 35.4 Å². The van der Waals surface area contributed by atoms with Crippen molar-refractivity contribution in [3.8, 4) is 0 Å². The van der Waals surface area contributed by atoms with Crippen LogP contribution in [0.1, 0.15) is 63.2 Å². The monoisotopic (exact) mass is 565 g/mol. The Balaban J connectivity index is 1.68. The molecular weight excluding hydrogens is 521 g/mol. The summed E-state index contributed by atoms with van der Waals surface area (Å²) in [5, 5.41) is 0. The fourth-order valence-corrected chi connectivity index (χ4v) is 6.23. The van der Waals surface area contributed by atoms with Crippen LogP contribution in [0.4, 0.5) is 4.39 Å². The number of hydrogen-bond acceptors (Lipinski definition) is 6. The maximum absolute atomic E-state index is 13.6. The van der Waals surface area contributed by atoms with Crippen LogP contribution in [0.2, 0.25) is 0 Å². The minimum Gasteiger partial charge on any atom is -0.467 e. The second-order valence-electron chi connectivity index (χ2n) is 10.2. The van der Waals surface area contributed by atoms with Crippen LogP contribution in [0, 0.1) is 5.82 Å². The van der Waals surface area contributed by atoms with Gasteiger partial charge in [0.25, 0.3) is 0 Å². The van der Waals surface area contributed by atoms with Gasteiger partial charge in [-0.2, -0.15) is 4.31 Å². The van der Waals surface area contributed by atoms with Crippen molar-refractivity contribution >= 4 is 15.9 Å². The maximum atomic E-state index is 13.6. The first kappa shape index (κ1) is 31.3. The zero-order valence-electron chi connectivity index (χ0n) is 23.2. The Bertz CT molecular complexity index is 1060. The van der Waals surface area contributed by atoms with Crippen LogP contribution >= 0.6 is 0 Å². The van der Waals surface area contributed by atoms with E-state index in [1.165, 1.54) is 16.4 Å². The van der Waals surface area contributed by atoms with Crippen molar-refractivity contribution < 1.29 is 26.8 Å². The molecule has 0 spiro atoms. The zero-order chi connectivity index (χ0) is 27.9. The molecule has 0 aliphatic carbocycles. The first-order chi connectivity index (χ1) is 18.9.